The number of nitrogens with two attached hydrogens (primary N) is 1. The maximum absolute atomic E-state index is 7.49. The third kappa shape index (κ3) is 4.31. The van der Waals surface area contributed by atoms with E-state index in [4.69, 9.17) is 27.3 Å². The molecule has 0 aliphatic heterocycles. The van der Waals surface area contributed by atoms with Gasteiger partial charge in [-0.15, -0.1) is 0 Å². The summed E-state index contributed by atoms with van der Waals surface area (Å²) in [4.78, 5) is 4.44. The van der Waals surface area contributed by atoms with Crippen LogP contribution in [0.4, 0.5) is 23.1 Å². The van der Waals surface area contributed by atoms with Crippen LogP contribution < -0.4 is 16.4 Å². The minimum Gasteiger partial charge on any atom is -0.398 e. The van der Waals surface area contributed by atoms with Crippen LogP contribution in [0.5, 0.6) is 0 Å². The van der Waals surface area contributed by atoms with Crippen LogP contribution in [0.15, 0.2) is 58.9 Å². The quantitative estimate of drug-likeness (QED) is 0.224. The van der Waals surface area contributed by atoms with Crippen molar-refractivity contribution in [2.45, 2.75) is 12.8 Å². The molecule has 1 aliphatic rings. The number of nitrogen functional groups attached to an aromatic ring is 1. The van der Waals surface area contributed by atoms with Gasteiger partial charge in [0.15, 0.2) is 0 Å². The number of nitrogens with zero attached hydrogens (tertiary/aromatic N) is 4. The molecule has 9 nitrogen and oxygen atoms in total. The van der Waals surface area contributed by atoms with Crippen LogP contribution >= 0.6 is 11.6 Å². The third-order valence-electron chi connectivity index (χ3n) is 5.26. The number of rotatable bonds is 7. The molecule has 1 saturated carbocycles. The Balaban J connectivity index is 1.37. The first kappa shape index (κ1) is 20.8. The summed E-state index contributed by atoms with van der Waals surface area (Å²) < 4.78 is 7.16. The molecule has 0 amide bonds. The fourth-order valence-corrected chi connectivity index (χ4v) is 3.74. The molecule has 5 rings (SSSR count). The van der Waals surface area contributed by atoms with Crippen LogP contribution in [0.2, 0.25) is 5.02 Å². The molecule has 0 saturated heterocycles. The van der Waals surface area contributed by atoms with E-state index in [0.717, 1.165) is 41.6 Å². The Morgan fingerprint density at radius 3 is 2.85 bits per heavy atom. The summed E-state index contributed by atoms with van der Waals surface area (Å²) in [6.45, 7) is 0. The van der Waals surface area contributed by atoms with Gasteiger partial charge in [-0.1, -0.05) is 28.9 Å². The average molecular weight is 461 g/mol. The summed E-state index contributed by atoms with van der Waals surface area (Å²) in [5, 5.41) is 22.7. The molecule has 2 aromatic heterocycles. The van der Waals surface area contributed by atoms with Gasteiger partial charge in [-0.2, -0.15) is 10.1 Å². The van der Waals surface area contributed by atoms with Gasteiger partial charge >= 0.3 is 6.01 Å². The molecule has 166 valence electrons. The number of hydrogen-bond acceptors (Lipinski definition) is 8. The lowest BCUT2D eigenvalue weighted by Crippen LogP contribution is -1.99. The van der Waals surface area contributed by atoms with E-state index in [1.54, 1.807) is 16.8 Å². The Morgan fingerprint density at radius 2 is 2.12 bits per heavy atom. The van der Waals surface area contributed by atoms with Crippen molar-refractivity contribution in [2.24, 2.45) is 7.05 Å². The van der Waals surface area contributed by atoms with Gasteiger partial charge in [-0.3, -0.25) is 4.68 Å². The molecule has 4 aromatic rings. The smallest absolute Gasteiger partial charge is 0.326 e. The van der Waals surface area contributed by atoms with Crippen LogP contribution in [-0.2, 0) is 7.05 Å². The summed E-state index contributed by atoms with van der Waals surface area (Å²) in [5.74, 6) is 0.432. The molecule has 33 heavy (non-hydrogen) atoms. The van der Waals surface area contributed by atoms with E-state index >= 15 is 0 Å². The molecule has 2 aromatic carbocycles. The minimum atomic E-state index is 0.183. The lowest BCUT2D eigenvalue weighted by atomic mass is 10.1. The summed E-state index contributed by atoms with van der Waals surface area (Å²) in [5.41, 5.74) is 12.5. The maximum Gasteiger partial charge on any atom is 0.326 e. The number of anilines is 4. The van der Waals surface area contributed by atoms with Gasteiger partial charge in [-0.05, 0) is 42.7 Å². The van der Waals surface area contributed by atoms with Gasteiger partial charge in [0.25, 0.3) is 0 Å². The van der Waals surface area contributed by atoms with Crippen LogP contribution in [0, 0.1) is 5.41 Å². The van der Waals surface area contributed by atoms with E-state index in [1.807, 2.05) is 43.7 Å². The largest absolute Gasteiger partial charge is 0.398 e. The highest BCUT2D eigenvalue weighted by Gasteiger charge is 2.20. The van der Waals surface area contributed by atoms with Crippen molar-refractivity contribution in [1.82, 2.24) is 19.9 Å². The number of halogens is 1. The summed E-state index contributed by atoms with van der Waals surface area (Å²) >= 11 is 6.34. The predicted molar refractivity (Wildman–Crippen MR) is 130 cm³/mol. The maximum atomic E-state index is 7.49. The van der Waals surface area contributed by atoms with Gasteiger partial charge in [-0.25, -0.2) is 0 Å². The lowest BCUT2D eigenvalue weighted by Gasteiger charge is -2.10. The van der Waals surface area contributed by atoms with Crippen molar-refractivity contribution in [1.29, 1.82) is 5.41 Å². The van der Waals surface area contributed by atoms with Crippen LogP contribution in [0.3, 0.4) is 0 Å². The van der Waals surface area contributed by atoms with Crippen molar-refractivity contribution in [3.05, 3.63) is 70.5 Å². The zero-order chi connectivity index (χ0) is 22.9. The molecule has 0 bridgehead atoms. The van der Waals surface area contributed by atoms with Gasteiger partial charge in [0.1, 0.15) is 0 Å². The first-order valence-corrected chi connectivity index (χ1v) is 10.7. The Kier molecular flexibility index (Phi) is 5.31. The fourth-order valence-electron chi connectivity index (χ4n) is 3.47. The molecular weight excluding hydrogens is 440 g/mol. The van der Waals surface area contributed by atoms with Gasteiger partial charge in [0.2, 0.25) is 5.82 Å². The number of allylic oxidation sites excluding steroid dienone is 1. The zero-order valence-corrected chi connectivity index (χ0v) is 18.5. The first-order chi connectivity index (χ1) is 16.0. The van der Waals surface area contributed by atoms with Gasteiger partial charge in [0, 0.05) is 53.2 Å². The van der Waals surface area contributed by atoms with Gasteiger partial charge < -0.3 is 26.3 Å². The standard InChI is InChI=1S/C23H21ClN8O/c1-32-12-15(11-27-32)21(13-5-6-13)28-16-4-2-3-14(9-16)22-30-23(33-31-22)29-19-8-7-18(26)17(10-25)20(19)24/h2-4,7-12,25,28H,5-6,26H2,1H3,(H,29,30,31). The molecule has 0 atom stereocenters. The highest BCUT2D eigenvalue weighted by molar-refractivity contribution is 6.36. The second kappa shape index (κ2) is 8.44. The van der Waals surface area contributed by atoms with Crippen molar-refractivity contribution in [2.75, 3.05) is 16.4 Å². The second-order valence-electron chi connectivity index (χ2n) is 7.71. The Morgan fingerprint density at radius 1 is 1.27 bits per heavy atom. The third-order valence-corrected chi connectivity index (χ3v) is 5.67. The van der Waals surface area contributed by atoms with Crippen LogP contribution in [0.1, 0.15) is 24.0 Å². The molecule has 5 N–H and O–H groups in total. The second-order valence-corrected chi connectivity index (χ2v) is 8.09. The molecule has 0 radical (unpaired) electrons. The Hall–Kier alpha value is -4.11. The number of aromatic nitrogens is 4. The van der Waals surface area contributed by atoms with Crippen molar-refractivity contribution in [3.63, 3.8) is 0 Å². The summed E-state index contributed by atoms with van der Waals surface area (Å²) in [6.07, 6.45) is 7.15. The van der Waals surface area contributed by atoms with E-state index in [0.29, 0.717) is 27.8 Å². The Labute approximate surface area is 194 Å². The summed E-state index contributed by atoms with van der Waals surface area (Å²) in [7, 11) is 1.91. The van der Waals surface area contributed by atoms with E-state index in [9.17, 15) is 0 Å². The van der Waals surface area contributed by atoms with Crippen molar-refractivity contribution in [3.8, 4) is 11.4 Å². The number of aryl methyl sites for hydroxylation is 1. The molecule has 0 spiro atoms. The molecule has 2 heterocycles. The first-order valence-electron chi connectivity index (χ1n) is 10.3. The van der Waals surface area contributed by atoms with E-state index in [2.05, 4.69) is 25.9 Å². The monoisotopic (exact) mass is 460 g/mol. The van der Waals surface area contributed by atoms with E-state index in [1.165, 1.54) is 5.57 Å². The summed E-state index contributed by atoms with van der Waals surface area (Å²) in [6, 6.07) is 11.4. The minimum absolute atomic E-state index is 0.183. The highest BCUT2D eigenvalue weighted by Crippen LogP contribution is 2.37. The van der Waals surface area contributed by atoms with Gasteiger partial charge in [0.05, 0.1) is 16.9 Å². The van der Waals surface area contributed by atoms with E-state index in [-0.39, 0.29) is 6.01 Å². The van der Waals surface area contributed by atoms with Crippen LogP contribution in [-0.4, -0.2) is 26.1 Å². The van der Waals surface area contributed by atoms with Crippen molar-refractivity contribution < 1.29 is 4.52 Å². The molecule has 1 aliphatic carbocycles. The van der Waals surface area contributed by atoms with Crippen molar-refractivity contribution >= 4 is 46.6 Å². The highest BCUT2D eigenvalue weighted by atomic mass is 35.5. The zero-order valence-electron chi connectivity index (χ0n) is 17.8. The molecule has 0 unspecified atom stereocenters. The molecule has 1 fully saturated rings. The topological polar surface area (TPSA) is 131 Å². The number of benzene rings is 2. The Bertz CT molecular complexity index is 1380. The van der Waals surface area contributed by atoms with E-state index < -0.39 is 0 Å². The van der Waals surface area contributed by atoms with Crippen LogP contribution in [0.25, 0.3) is 17.1 Å². The predicted octanol–water partition coefficient (Wildman–Crippen LogP) is 5.06. The average Bonchev–Trinajstić information content (AvgIpc) is 3.39. The normalized spacial score (nSPS) is 12.5. The fraction of sp³-hybridized carbons (Fsp3) is 0.130. The molecular formula is C23H21ClN8O. The number of hydrogen-bond donors (Lipinski definition) is 4. The number of nitrogens with one attached hydrogen (secondary N) is 3. The SMILES string of the molecule is Cn1cc(C(Nc2cccc(-c3noc(Nc4ccc(N)c(C=N)c4Cl)n3)c2)=C2CC2)cn1. The lowest BCUT2D eigenvalue weighted by molar-refractivity contribution is 0.435. The molecule has 10 heteroatoms.